The number of fused-ring (bicyclic) bond motifs is 1. The molecule has 1 aromatic carbocycles. The fourth-order valence-corrected chi connectivity index (χ4v) is 3.30. The smallest absolute Gasteiger partial charge is 0.410 e. The Labute approximate surface area is 169 Å². The van der Waals surface area contributed by atoms with Gasteiger partial charge in [0.25, 0.3) is 5.91 Å². The Morgan fingerprint density at radius 1 is 1.29 bits per heavy atom. The van der Waals surface area contributed by atoms with Crippen LogP contribution in [-0.4, -0.2) is 38.8 Å². The number of halogens is 1. The number of carbonyl (C=O) groups excluding carboxylic acids is 2. The van der Waals surface area contributed by atoms with Crippen LogP contribution in [-0.2, 0) is 24.8 Å². The van der Waals surface area contributed by atoms with Gasteiger partial charge in [-0.15, -0.1) is 0 Å². The van der Waals surface area contributed by atoms with Crippen LogP contribution >= 0.6 is 11.6 Å². The molecule has 0 unspecified atom stereocenters. The summed E-state index contributed by atoms with van der Waals surface area (Å²) < 4.78 is 7.17. The summed E-state index contributed by atoms with van der Waals surface area (Å²) in [4.78, 5) is 26.9. The highest BCUT2D eigenvalue weighted by Crippen LogP contribution is 2.25. The molecule has 0 fully saturated rings. The summed E-state index contributed by atoms with van der Waals surface area (Å²) >= 11 is 6.14. The van der Waals surface area contributed by atoms with Gasteiger partial charge in [0.15, 0.2) is 5.69 Å². The fraction of sp³-hybridized carbons (Fsp3) is 0.450. The van der Waals surface area contributed by atoms with Crippen molar-refractivity contribution in [3.8, 4) is 0 Å². The number of nitrogens with zero attached hydrogens (tertiary/aromatic N) is 3. The highest BCUT2D eigenvalue weighted by atomic mass is 35.5. The molecule has 1 aliphatic heterocycles. The van der Waals surface area contributed by atoms with Crippen molar-refractivity contribution in [3.05, 3.63) is 45.7 Å². The Hall–Kier alpha value is -2.54. The topological polar surface area (TPSA) is 76.5 Å². The fourth-order valence-electron chi connectivity index (χ4n) is 3.12. The Bertz CT molecular complexity index is 930. The normalized spacial score (nSPS) is 13.9. The highest BCUT2D eigenvalue weighted by Gasteiger charge is 2.31. The molecule has 0 saturated carbocycles. The number of carbonyl (C=O) groups is 2. The maximum Gasteiger partial charge on any atom is 0.410 e. The van der Waals surface area contributed by atoms with Gasteiger partial charge < -0.3 is 15.0 Å². The van der Waals surface area contributed by atoms with Crippen LogP contribution in [0.5, 0.6) is 0 Å². The van der Waals surface area contributed by atoms with Crippen molar-refractivity contribution in [2.45, 2.75) is 46.3 Å². The summed E-state index contributed by atoms with van der Waals surface area (Å²) in [5.74, 6) is -0.331. The highest BCUT2D eigenvalue weighted by molar-refractivity contribution is 6.31. The van der Waals surface area contributed by atoms with Crippen molar-refractivity contribution in [3.63, 3.8) is 0 Å². The second kappa shape index (κ2) is 7.47. The average Bonchev–Trinajstić information content (AvgIpc) is 2.93. The zero-order valence-corrected chi connectivity index (χ0v) is 17.6. The second-order valence-electron chi connectivity index (χ2n) is 7.97. The number of aromatic nitrogens is 2. The molecule has 0 saturated heterocycles. The number of nitrogens with one attached hydrogen (secondary N) is 1. The van der Waals surface area contributed by atoms with E-state index in [1.807, 2.05) is 40.8 Å². The quantitative estimate of drug-likeness (QED) is 0.822. The molecular formula is C20H25ClN4O3. The van der Waals surface area contributed by atoms with E-state index >= 15 is 0 Å². The first-order valence-electron chi connectivity index (χ1n) is 9.15. The van der Waals surface area contributed by atoms with Gasteiger partial charge in [0.1, 0.15) is 5.60 Å². The van der Waals surface area contributed by atoms with Crippen LogP contribution in [0.3, 0.4) is 0 Å². The summed E-state index contributed by atoms with van der Waals surface area (Å²) in [6, 6.07) is 5.34. The first-order valence-corrected chi connectivity index (χ1v) is 9.53. The molecule has 0 spiro atoms. The number of aryl methyl sites for hydroxylation is 2. The third-order valence-electron chi connectivity index (χ3n) is 4.54. The largest absolute Gasteiger partial charge is 0.444 e. The molecule has 2 heterocycles. The number of amides is 2. The van der Waals surface area contributed by atoms with Crippen LogP contribution in [0.25, 0.3) is 0 Å². The summed E-state index contributed by atoms with van der Waals surface area (Å²) in [6.45, 7) is 8.20. The predicted octanol–water partition coefficient (Wildman–Crippen LogP) is 3.93. The molecule has 3 rings (SSSR count). The Balaban J connectivity index is 1.82. The van der Waals surface area contributed by atoms with Gasteiger partial charge in [-0.25, -0.2) is 4.79 Å². The first-order chi connectivity index (χ1) is 13.0. The van der Waals surface area contributed by atoms with Crippen LogP contribution in [0, 0.1) is 6.92 Å². The number of hydrogen-bond donors (Lipinski definition) is 1. The molecule has 2 aromatic rings. The molecular weight excluding hydrogens is 380 g/mol. The number of ether oxygens (including phenoxy) is 1. The molecule has 1 aliphatic rings. The third-order valence-corrected chi connectivity index (χ3v) is 4.95. The lowest BCUT2D eigenvalue weighted by Crippen LogP contribution is -2.40. The van der Waals surface area contributed by atoms with Crippen LogP contribution < -0.4 is 5.32 Å². The molecule has 0 aliphatic carbocycles. The Morgan fingerprint density at radius 3 is 2.64 bits per heavy atom. The lowest BCUT2D eigenvalue weighted by Gasteiger charge is -2.30. The lowest BCUT2D eigenvalue weighted by molar-refractivity contribution is 0.0222. The summed E-state index contributed by atoms with van der Waals surface area (Å²) in [7, 11) is 1.81. The van der Waals surface area contributed by atoms with Crippen LogP contribution in [0.2, 0.25) is 5.02 Å². The predicted molar refractivity (Wildman–Crippen MR) is 108 cm³/mol. The molecule has 7 nitrogen and oxygen atoms in total. The van der Waals surface area contributed by atoms with E-state index in [-0.39, 0.29) is 12.5 Å². The Kier molecular flexibility index (Phi) is 5.39. The monoisotopic (exact) mass is 404 g/mol. The molecule has 150 valence electrons. The minimum Gasteiger partial charge on any atom is -0.444 e. The summed E-state index contributed by atoms with van der Waals surface area (Å²) in [6.07, 6.45) is 0.223. The van der Waals surface area contributed by atoms with Gasteiger partial charge in [0.2, 0.25) is 0 Å². The van der Waals surface area contributed by atoms with Crippen molar-refractivity contribution in [2.75, 3.05) is 11.9 Å². The van der Waals surface area contributed by atoms with E-state index < -0.39 is 11.7 Å². The first kappa shape index (κ1) is 20.2. The zero-order chi connectivity index (χ0) is 20.6. The number of hydrogen-bond acceptors (Lipinski definition) is 4. The molecule has 0 bridgehead atoms. The van der Waals surface area contributed by atoms with Gasteiger partial charge in [0, 0.05) is 42.0 Å². The Morgan fingerprint density at radius 2 is 2.00 bits per heavy atom. The van der Waals surface area contributed by atoms with E-state index in [4.69, 9.17) is 16.3 Å². The summed E-state index contributed by atoms with van der Waals surface area (Å²) in [5, 5.41) is 7.81. The van der Waals surface area contributed by atoms with Crippen LogP contribution in [0.15, 0.2) is 18.2 Å². The lowest BCUT2D eigenvalue weighted by atomic mass is 10.0. The molecule has 0 atom stereocenters. The molecule has 1 N–H and O–H groups in total. The molecule has 2 amide bonds. The third kappa shape index (κ3) is 4.30. The van der Waals surface area contributed by atoms with Gasteiger partial charge in [0.05, 0.1) is 6.54 Å². The number of benzene rings is 1. The van der Waals surface area contributed by atoms with Crippen molar-refractivity contribution in [1.29, 1.82) is 0 Å². The number of anilines is 1. The van der Waals surface area contributed by atoms with E-state index in [2.05, 4.69) is 10.4 Å². The average molecular weight is 405 g/mol. The van der Waals surface area contributed by atoms with Gasteiger partial charge in [-0.2, -0.15) is 5.10 Å². The van der Waals surface area contributed by atoms with Crippen molar-refractivity contribution in [1.82, 2.24) is 14.7 Å². The van der Waals surface area contributed by atoms with Gasteiger partial charge in [-0.3, -0.25) is 9.48 Å². The van der Waals surface area contributed by atoms with Crippen molar-refractivity contribution >= 4 is 29.3 Å². The van der Waals surface area contributed by atoms with Gasteiger partial charge >= 0.3 is 6.09 Å². The standard InChI is InChI=1S/C20H25ClN4O3/c1-12-6-7-13(10-15(12)21)22-18(26)17-14-11-25(19(27)28-20(2,3)4)9-8-16(14)24(5)23-17/h6-7,10H,8-9,11H2,1-5H3,(H,22,26). The SMILES string of the molecule is Cc1ccc(NC(=O)c2nn(C)c3c2CN(C(=O)OC(C)(C)C)CC3)cc1Cl. The van der Waals surface area contributed by atoms with E-state index in [0.717, 1.165) is 16.8 Å². The molecule has 0 radical (unpaired) electrons. The van der Waals surface area contributed by atoms with Crippen molar-refractivity contribution in [2.24, 2.45) is 7.05 Å². The molecule has 28 heavy (non-hydrogen) atoms. The number of rotatable bonds is 2. The van der Waals surface area contributed by atoms with Gasteiger partial charge in [-0.05, 0) is 45.4 Å². The zero-order valence-electron chi connectivity index (χ0n) is 16.8. The van der Waals surface area contributed by atoms with Crippen LogP contribution in [0.1, 0.15) is 48.1 Å². The minimum absolute atomic E-state index is 0.287. The van der Waals surface area contributed by atoms with Gasteiger partial charge in [-0.1, -0.05) is 17.7 Å². The summed E-state index contributed by atoms with van der Waals surface area (Å²) in [5.41, 5.74) is 2.96. The second-order valence-corrected chi connectivity index (χ2v) is 8.37. The maximum atomic E-state index is 12.8. The van der Waals surface area contributed by atoms with E-state index in [9.17, 15) is 9.59 Å². The molecule has 1 aromatic heterocycles. The van der Waals surface area contributed by atoms with E-state index in [1.54, 1.807) is 21.7 Å². The maximum absolute atomic E-state index is 12.8. The van der Waals surface area contributed by atoms with Crippen LogP contribution in [0.4, 0.5) is 10.5 Å². The van der Waals surface area contributed by atoms with Crippen molar-refractivity contribution < 1.29 is 14.3 Å². The van der Waals surface area contributed by atoms with E-state index in [0.29, 0.717) is 29.4 Å². The molecule has 8 heteroatoms. The van der Waals surface area contributed by atoms with E-state index in [1.165, 1.54) is 0 Å². The minimum atomic E-state index is -0.572.